The third-order valence-corrected chi connectivity index (χ3v) is 4.31. The Morgan fingerprint density at radius 2 is 1.61 bits per heavy atom. The highest BCUT2D eigenvalue weighted by atomic mass is 16.3. The van der Waals surface area contributed by atoms with Crippen molar-refractivity contribution in [2.45, 2.75) is 51.2 Å². The molecule has 1 aliphatic rings. The van der Waals surface area contributed by atoms with Crippen molar-refractivity contribution in [2.24, 2.45) is 11.8 Å². The zero-order chi connectivity index (χ0) is 13.0. The Morgan fingerprint density at radius 3 is 2.22 bits per heavy atom. The van der Waals surface area contributed by atoms with E-state index in [9.17, 15) is 10.2 Å². The van der Waals surface area contributed by atoms with Crippen LogP contribution in [-0.2, 0) is 0 Å². The summed E-state index contributed by atoms with van der Waals surface area (Å²) >= 11 is 0. The molecule has 0 saturated heterocycles. The first-order valence-corrected chi connectivity index (χ1v) is 7.11. The number of hydrogen-bond donors (Lipinski definition) is 2. The van der Waals surface area contributed by atoms with Gasteiger partial charge in [-0.3, -0.25) is 0 Å². The molecule has 0 bridgehead atoms. The van der Waals surface area contributed by atoms with E-state index in [-0.39, 0.29) is 12.0 Å². The summed E-state index contributed by atoms with van der Waals surface area (Å²) in [6.45, 7) is 1.96. The van der Waals surface area contributed by atoms with Crippen LogP contribution in [0.2, 0.25) is 0 Å². The second kappa shape index (κ2) is 6.35. The molecule has 1 fully saturated rings. The van der Waals surface area contributed by atoms with Crippen LogP contribution in [0, 0.1) is 11.8 Å². The quantitative estimate of drug-likeness (QED) is 0.858. The van der Waals surface area contributed by atoms with Crippen LogP contribution in [0.1, 0.15) is 50.7 Å². The molecule has 1 aliphatic carbocycles. The molecule has 1 aromatic rings. The zero-order valence-electron chi connectivity index (χ0n) is 11.1. The molecule has 0 amide bonds. The minimum Gasteiger partial charge on any atom is -0.392 e. The van der Waals surface area contributed by atoms with Crippen molar-refractivity contribution in [3.63, 3.8) is 0 Å². The van der Waals surface area contributed by atoms with Crippen LogP contribution in [0.4, 0.5) is 0 Å². The molecule has 0 aromatic heterocycles. The summed E-state index contributed by atoms with van der Waals surface area (Å²) in [5.74, 6) is 0.266. The maximum Gasteiger partial charge on any atom is 0.0840 e. The highest BCUT2D eigenvalue weighted by Gasteiger charge is 2.30. The van der Waals surface area contributed by atoms with Gasteiger partial charge in [0.1, 0.15) is 0 Å². The third kappa shape index (κ3) is 3.12. The predicted octanol–water partition coefficient (Wildman–Crippen LogP) is 3.30. The molecule has 3 atom stereocenters. The lowest BCUT2D eigenvalue weighted by Gasteiger charge is -2.33. The summed E-state index contributed by atoms with van der Waals surface area (Å²) in [5, 5.41) is 20.7. The van der Waals surface area contributed by atoms with Gasteiger partial charge >= 0.3 is 0 Å². The van der Waals surface area contributed by atoms with Crippen LogP contribution in [0.5, 0.6) is 0 Å². The molecule has 0 aliphatic heterocycles. The van der Waals surface area contributed by atoms with Gasteiger partial charge in [-0.25, -0.2) is 0 Å². The van der Waals surface area contributed by atoms with Gasteiger partial charge in [0.2, 0.25) is 0 Å². The van der Waals surface area contributed by atoms with Gasteiger partial charge in [0, 0.05) is 5.92 Å². The van der Waals surface area contributed by atoms with Crippen LogP contribution >= 0.6 is 0 Å². The van der Waals surface area contributed by atoms with E-state index in [0.717, 1.165) is 18.4 Å². The molecule has 0 heterocycles. The molecular formula is C16H24O2. The third-order valence-electron chi connectivity index (χ3n) is 4.31. The van der Waals surface area contributed by atoms with Gasteiger partial charge in [-0.1, -0.05) is 56.5 Å². The molecule has 18 heavy (non-hydrogen) atoms. The van der Waals surface area contributed by atoms with Crippen molar-refractivity contribution in [1.29, 1.82) is 0 Å². The molecule has 2 N–H and O–H groups in total. The van der Waals surface area contributed by atoms with Crippen molar-refractivity contribution < 1.29 is 10.2 Å². The SMILES string of the molecule is C[C@@H]([C@H](O)C1CCCCC1)[C@@H](O)c1ccccc1. The van der Waals surface area contributed by atoms with Crippen LogP contribution in [-0.4, -0.2) is 16.3 Å². The fourth-order valence-electron chi connectivity index (χ4n) is 3.05. The molecule has 0 spiro atoms. The second-order valence-corrected chi connectivity index (χ2v) is 5.60. The largest absolute Gasteiger partial charge is 0.392 e. The first-order chi connectivity index (χ1) is 8.70. The van der Waals surface area contributed by atoms with Crippen molar-refractivity contribution in [1.82, 2.24) is 0 Å². The summed E-state index contributed by atoms with van der Waals surface area (Å²) in [7, 11) is 0. The standard InChI is InChI=1S/C16H24O2/c1-12(15(17)13-8-4-2-5-9-13)16(18)14-10-6-3-7-11-14/h2,4-5,8-9,12,14-18H,3,6-7,10-11H2,1H3/t12-,15-,16+/m1/s1. The number of rotatable bonds is 4. The summed E-state index contributed by atoms with van der Waals surface area (Å²) in [4.78, 5) is 0. The Kier molecular flexibility index (Phi) is 4.79. The van der Waals surface area contributed by atoms with Gasteiger partial charge < -0.3 is 10.2 Å². The molecule has 100 valence electrons. The summed E-state index contributed by atoms with van der Waals surface area (Å²) < 4.78 is 0. The van der Waals surface area contributed by atoms with E-state index in [1.165, 1.54) is 19.3 Å². The van der Waals surface area contributed by atoms with Gasteiger partial charge in [0.25, 0.3) is 0 Å². The van der Waals surface area contributed by atoms with Gasteiger partial charge in [-0.05, 0) is 24.3 Å². The zero-order valence-corrected chi connectivity index (χ0v) is 11.1. The van der Waals surface area contributed by atoms with Crippen LogP contribution in [0.25, 0.3) is 0 Å². The van der Waals surface area contributed by atoms with Gasteiger partial charge in [-0.15, -0.1) is 0 Å². The molecule has 2 heteroatoms. The minimum absolute atomic E-state index is 0.101. The molecule has 1 saturated carbocycles. The van der Waals surface area contributed by atoms with Crippen LogP contribution in [0.15, 0.2) is 30.3 Å². The summed E-state index contributed by atoms with van der Waals surface area (Å²) in [6.07, 6.45) is 4.98. The lowest BCUT2D eigenvalue weighted by atomic mass is 9.78. The molecular weight excluding hydrogens is 224 g/mol. The number of benzene rings is 1. The first-order valence-electron chi connectivity index (χ1n) is 7.11. The average Bonchev–Trinajstić information content (AvgIpc) is 2.47. The summed E-state index contributed by atoms with van der Waals surface area (Å²) in [6, 6.07) is 9.65. The van der Waals surface area contributed by atoms with E-state index in [2.05, 4.69) is 0 Å². The Balaban J connectivity index is 1.99. The van der Waals surface area contributed by atoms with Crippen LogP contribution in [0.3, 0.4) is 0 Å². The monoisotopic (exact) mass is 248 g/mol. The summed E-state index contributed by atoms with van der Waals surface area (Å²) in [5.41, 5.74) is 0.903. The second-order valence-electron chi connectivity index (χ2n) is 5.60. The van der Waals surface area contributed by atoms with E-state index >= 15 is 0 Å². The molecule has 0 unspecified atom stereocenters. The molecule has 2 rings (SSSR count). The van der Waals surface area contributed by atoms with Gasteiger partial charge in [-0.2, -0.15) is 0 Å². The normalized spacial score (nSPS) is 22.4. The number of hydrogen-bond acceptors (Lipinski definition) is 2. The maximum absolute atomic E-state index is 10.4. The van der Waals surface area contributed by atoms with Crippen molar-refractivity contribution >= 4 is 0 Å². The van der Waals surface area contributed by atoms with Gasteiger partial charge in [0.15, 0.2) is 0 Å². The fraction of sp³-hybridized carbons (Fsp3) is 0.625. The van der Waals surface area contributed by atoms with Crippen LogP contribution < -0.4 is 0 Å². The Morgan fingerprint density at radius 1 is 1.00 bits per heavy atom. The molecule has 0 radical (unpaired) electrons. The predicted molar refractivity (Wildman–Crippen MR) is 73.1 cm³/mol. The smallest absolute Gasteiger partial charge is 0.0840 e. The highest BCUT2D eigenvalue weighted by molar-refractivity contribution is 5.18. The Labute approximate surface area is 110 Å². The minimum atomic E-state index is -0.567. The molecule has 1 aromatic carbocycles. The highest BCUT2D eigenvalue weighted by Crippen LogP contribution is 2.34. The van der Waals surface area contributed by atoms with Crippen molar-refractivity contribution in [3.8, 4) is 0 Å². The van der Waals surface area contributed by atoms with E-state index < -0.39 is 6.10 Å². The fourth-order valence-corrected chi connectivity index (χ4v) is 3.05. The first kappa shape index (κ1) is 13.6. The lowest BCUT2D eigenvalue weighted by molar-refractivity contribution is -0.0207. The Hall–Kier alpha value is -0.860. The Bertz CT molecular complexity index is 343. The van der Waals surface area contributed by atoms with Crippen molar-refractivity contribution in [3.05, 3.63) is 35.9 Å². The number of aliphatic hydroxyl groups excluding tert-OH is 2. The van der Waals surface area contributed by atoms with E-state index in [1.807, 2.05) is 37.3 Å². The maximum atomic E-state index is 10.4. The van der Waals surface area contributed by atoms with Crippen molar-refractivity contribution in [2.75, 3.05) is 0 Å². The van der Waals surface area contributed by atoms with E-state index in [0.29, 0.717) is 5.92 Å². The number of aliphatic hydroxyl groups is 2. The van der Waals surface area contributed by atoms with E-state index in [1.54, 1.807) is 0 Å². The molecule has 2 nitrogen and oxygen atoms in total. The average molecular weight is 248 g/mol. The van der Waals surface area contributed by atoms with Gasteiger partial charge in [0.05, 0.1) is 12.2 Å². The topological polar surface area (TPSA) is 40.5 Å². The lowest BCUT2D eigenvalue weighted by Crippen LogP contribution is -2.32. The van der Waals surface area contributed by atoms with E-state index in [4.69, 9.17) is 0 Å².